The summed E-state index contributed by atoms with van der Waals surface area (Å²) in [6, 6.07) is 13.6. The third-order valence-electron chi connectivity index (χ3n) is 4.33. The minimum absolute atomic E-state index is 0.0216. The lowest BCUT2D eigenvalue weighted by atomic mass is 10.1. The number of hydrazone groups is 1. The maximum atomic E-state index is 12.9. The Hall–Kier alpha value is -2.69. The second-order valence-electron chi connectivity index (χ2n) is 6.60. The maximum Gasteiger partial charge on any atom is 0.254 e. The van der Waals surface area contributed by atoms with E-state index in [9.17, 15) is 4.79 Å². The Bertz CT molecular complexity index is 753. The fourth-order valence-electron chi connectivity index (χ4n) is 2.86. The number of nitrogens with zero attached hydrogens (tertiary/aromatic N) is 4. The molecule has 5 nitrogen and oxygen atoms in total. The summed E-state index contributed by atoms with van der Waals surface area (Å²) in [5.74, 6) is 0.0216. The number of amides is 1. The molecule has 0 N–H and O–H groups in total. The zero-order valence-electron chi connectivity index (χ0n) is 15.0. The van der Waals surface area contributed by atoms with E-state index in [2.05, 4.69) is 10.1 Å². The molecule has 0 spiro atoms. The molecule has 1 aromatic carbocycles. The molecular formula is C20H24N4O. The van der Waals surface area contributed by atoms with Crippen molar-refractivity contribution < 1.29 is 4.79 Å². The molecule has 5 heteroatoms. The topological polar surface area (TPSA) is 48.8 Å². The molecule has 0 radical (unpaired) electrons. The van der Waals surface area contributed by atoms with Crippen molar-refractivity contribution in [3.63, 3.8) is 0 Å². The van der Waals surface area contributed by atoms with E-state index < -0.39 is 0 Å². The number of benzene rings is 1. The van der Waals surface area contributed by atoms with E-state index in [-0.39, 0.29) is 11.9 Å². The minimum Gasteiger partial charge on any atom is -0.330 e. The van der Waals surface area contributed by atoms with Gasteiger partial charge in [0.05, 0.1) is 17.9 Å². The molecule has 0 saturated carbocycles. The molecular weight excluding hydrogens is 312 g/mol. The molecule has 1 aromatic heterocycles. The van der Waals surface area contributed by atoms with Crippen LogP contribution in [0.25, 0.3) is 0 Å². The molecule has 25 heavy (non-hydrogen) atoms. The Morgan fingerprint density at radius 2 is 1.96 bits per heavy atom. The first-order valence-corrected chi connectivity index (χ1v) is 8.67. The Kier molecular flexibility index (Phi) is 5.12. The second kappa shape index (κ2) is 7.47. The quantitative estimate of drug-likeness (QED) is 0.836. The third kappa shape index (κ3) is 4.05. The molecule has 1 aliphatic rings. The molecule has 0 fully saturated rings. The van der Waals surface area contributed by atoms with Crippen molar-refractivity contribution in [2.75, 3.05) is 11.6 Å². The van der Waals surface area contributed by atoms with Gasteiger partial charge < -0.3 is 4.90 Å². The van der Waals surface area contributed by atoms with Crippen LogP contribution in [0.15, 0.2) is 53.8 Å². The lowest BCUT2D eigenvalue weighted by Gasteiger charge is -2.26. The zero-order valence-corrected chi connectivity index (χ0v) is 15.0. The fraction of sp³-hybridized carbons (Fsp3) is 0.350. The standard InChI is InChI=1S/C20H24N4O/c1-15(2)23(14-18-6-4-5-12-21-18)20(25)17-7-9-19(10-8-17)24-13-11-16(3)22-24/h4-10,12,15H,11,13-14H2,1-3H3. The normalized spacial score (nSPS) is 13.9. The maximum absolute atomic E-state index is 12.9. The smallest absolute Gasteiger partial charge is 0.254 e. The predicted molar refractivity (Wildman–Crippen MR) is 101 cm³/mol. The Balaban J connectivity index is 1.75. The summed E-state index contributed by atoms with van der Waals surface area (Å²) in [4.78, 5) is 19.1. The van der Waals surface area contributed by atoms with Crippen molar-refractivity contribution in [2.45, 2.75) is 39.8 Å². The highest BCUT2D eigenvalue weighted by Crippen LogP contribution is 2.21. The van der Waals surface area contributed by atoms with Crippen LogP contribution in [0.3, 0.4) is 0 Å². The summed E-state index contributed by atoms with van der Waals surface area (Å²) >= 11 is 0. The van der Waals surface area contributed by atoms with E-state index in [0.717, 1.165) is 30.1 Å². The van der Waals surface area contributed by atoms with Gasteiger partial charge in [0.25, 0.3) is 5.91 Å². The summed E-state index contributed by atoms with van der Waals surface area (Å²) in [5, 5.41) is 6.48. The summed E-state index contributed by atoms with van der Waals surface area (Å²) in [7, 11) is 0. The molecule has 1 aliphatic heterocycles. The molecule has 2 aromatic rings. The molecule has 0 unspecified atom stereocenters. The van der Waals surface area contributed by atoms with Crippen molar-refractivity contribution >= 4 is 17.3 Å². The molecule has 0 atom stereocenters. The number of carbonyl (C=O) groups excluding carboxylic acids is 1. The minimum atomic E-state index is 0.0216. The van der Waals surface area contributed by atoms with Gasteiger partial charge in [0.15, 0.2) is 0 Å². The summed E-state index contributed by atoms with van der Waals surface area (Å²) < 4.78 is 0. The van der Waals surface area contributed by atoms with Crippen LogP contribution in [-0.4, -0.2) is 34.1 Å². The van der Waals surface area contributed by atoms with Gasteiger partial charge in [-0.2, -0.15) is 5.10 Å². The van der Waals surface area contributed by atoms with Gasteiger partial charge in [0.1, 0.15) is 0 Å². The van der Waals surface area contributed by atoms with Crippen LogP contribution < -0.4 is 5.01 Å². The van der Waals surface area contributed by atoms with Crippen molar-refractivity contribution in [3.05, 3.63) is 59.9 Å². The number of hydrogen-bond donors (Lipinski definition) is 0. The largest absolute Gasteiger partial charge is 0.330 e. The first kappa shape index (κ1) is 17.1. The van der Waals surface area contributed by atoms with Gasteiger partial charge in [-0.1, -0.05) is 6.07 Å². The van der Waals surface area contributed by atoms with E-state index in [4.69, 9.17) is 0 Å². The third-order valence-corrected chi connectivity index (χ3v) is 4.33. The van der Waals surface area contributed by atoms with Gasteiger partial charge in [0.2, 0.25) is 0 Å². The lowest BCUT2D eigenvalue weighted by molar-refractivity contribution is 0.0688. The molecule has 1 amide bonds. The van der Waals surface area contributed by atoms with Gasteiger partial charge in [-0.15, -0.1) is 0 Å². The van der Waals surface area contributed by atoms with Crippen LogP contribution >= 0.6 is 0 Å². The van der Waals surface area contributed by atoms with Gasteiger partial charge >= 0.3 is 0 Å². The average Bonchev–Trinajstić information content (AvgIpc) is 3.06. The molecule has 3 rings (SSSR count). The SMILES string of the molecule is CC1=NN(c2ccc(C(=O)N(Cc3ccccn3)C(C)C)cc2)CC1. The van der Waals surface area contributed by atoms with E-state index in [1.54, 1.807) is 6.20 Å². The Morgan fingerprint density at radius 3 is 2.52 bits per heavy atom. The van der Waals surface area contributed by atoms with Crippen LogP contribution in [0.5, 0.6) is 0 Å². The molecule has 0 saturated heterocycles. The van der Waals surface area contributed by atoms with E-state index in [0.29, 0.717) is 12.1 Å². The van der Waals surface area contributed by atoms with E-state index in [1.807, 2.05) is 73.1 Å². The van der Waals surface area contributed by atoms with Crippen molar-refractivity contribution in [1.29, 1.82) is 0 Å². The summed E-state index contributed by atoms with van der Waals surface area (Å²) in [6.45, 7) is 7.50. The number of aromatic nitrogens is 1. The highest BCUT2D eigenvalue weighted by Gasteiger charge is 2.20. The number of pyridine rings is 1. The average molecular weight is 336 g/mol. The molecule has 2 heterocycles. The number of rotatable bonds is 5. The van der Waals surface area contributed by atoms with Crippen LogP contribution in [0.2, 0.25) is 0 Å². The van der Waals surface area contributed by atoms with Crippen molar-refractivity contribution in [1.82, 2.24) is 9.88 Å². The zero-order chi connectivity index (χ0) is 17.8. The number of carbonyl (C=O) groups is 1. The summed E-state index contributed by atoms with van der Waals surface area (Å²) in [6.07, 6.45) is 2.75. The fourth-order valence-corrected chi connectivity index (χ4v) is 2.86. The van der Waals surface area contributed by atoms with Gasteiger partial charge in [0, 0.05) is 36.5 Å². The van der Waals surface area contributed by atoms with Crippen LogP contribution in [0.4, 0.5) is 5.69 Å². The van der Waals surface area contributed by atoms with Gasteiger partial charge in [-0.25, -0.2) is 0 Å². The Labute approximate surface area is 149 Å². The van der Waals surface area contributed by atoms with E-state index >= 15 is 0 Å². The van der Waals surface area contributed by atoms with Gasteiger partial charge in [-0.3, -0.25) is 14.8 Å². The number of hydrogen-bond acceptors (Lipinski definition) is 4. The van der Waals surface area contributed by atoms with Crippen molar-refractivity contribution in [2.24, 2.45) is 5.10 Å². The molecule has 0 bridgehead atoms. The lowest BCUT2D eigenvalue weighted by Crippen LogP contribution is -2.36. The Morgan fingerprint density at radius 1 is 1.20 bits per heavy atom. The van der Waals surface area contributed by atoms with Crippen LogP contribution in [0, 0.1) is 0 Å². The van der Waals surface area contributed by atoms with Crippen LogP contribution in [0.1, 0.15) is 43.2 Å². The summed E-state index contributed by atoms with van der Waals surface area (Å²) in [5.41, 5.74) is 3.74. The highest BCUT2D eigenvalue weighted by atomic mass is 16.2. The van der Waals surface area contributed by atoms with Gasteiger partial charge in [-0.05, 0) is 57.2 Å². The monoisotopic (exact) mass is 336 g/mol. The second-order valence-corrected chi connectivity index (χ2v) is 6.60. The molecule has 0 aliphatic carbocycles. The predicted octanol–water partition coefficient (Wildman–Crippen LogP) is 3.72. The van der Waals surface area contributed by atoms with Crippen LogP contribution in [-0.2, 0) is 6.54 Å². The highest BCUT2D eigenvalue weighted by molar-refractivity contribution is 5.95. The van der Waals surface area contributed by atoms with E-state index in [1.165, 1.54) is 0 Å². The first-order chi connectivity index (χ1) is 12.0. The number of anilines is 1. The molecule has 130 valence electrons. The van der Waals surface area contributed by atoms with Crippen molar-refractivity contribution in [3.8, 4) is 0 Å². The first-order valence-electron chi connectivity index (χ1n) is 8.67.